The van der Waals surface area contributed by atoms with E-state index in [9.17, 15) is 0 Å². The first kappa shape index (κ1) is 15.7. The molecule has 0 fully saturated rings. The van der Waals surface area contributed by atoms with Gasteiger partial charge in [0.1, 0.15) is 10.5 Å². The van der Waals surface area contributed by atoms with Crippen molar-refractivity contribution in [1.29, 1.82) is 0 Å². The summed E-state index contributed by atoms with van der Waals surface area (Å²) in [5.41, 5.74) is 1.14. The Bertz CT molecular complexity index is 624. The van der Waals surface area contributed by atoms with Crippen molar-refractivity contribution >= 4 is 39.9 Å². The highest BCUT2D eigenvalue weighted by molar-refractivity contribution is 9.10. The van der Waals surface area contributed by atoms with Crippen LogP contribution in [0.3, 0.4) is 0 Å². The smallest absolute Gasteiger partial charge is 0.144 e. The second-order valence-corrected chi connectivity index (χ2v) is 7.21. The quantitative estimate of drug-likeness (QED) is 0.566. The fourth-order valence-corrected chi connectivity index (χ4v) is 3.22. The monoisotopic (exact) mass is 368 g/mol. The maximum absolute atomic E-state index is 5.32. The Hall–Kier alpha value is -0.650. The summed E-state index contributed by atoms with van der Waals surface area (Å²) in [6, 6.07) is 10.3. The number of thioether (sulfide) groups is 1. The number of hydrogen-bond acceptors (Lipinski definition) is 3. The minimum atomic E-state index is 0.578. The highest BCUT2D eigenvalue weighted by atomic mass is 79.9. The van der Waals surface area contributed by atoms with Crippen LogP contribution in [-0.2, 0) is 12.2 Å². The van der Waals surface area contributed by atoms with Crippen LogP contribution < -0.4 is 0 Å². The van der Waals surface area contributed by atoms with Crippen LogP contribution >= 0.6 is 39.9 Å². The molecule has 2 rings (SSSR count). The van der Waals surface area contributed by atoms with E-state index in [-0.39, 0.29) is 0 Å². The third-order valence-electron chi connectivity index (χ3n) is 2.72. The summed E-state index contributed by atoms with van der Waals surface area (Å²) in [5.74, 6) is 2.31. The molecule has 5 heteroatoms. The standard InChI is InChI=1S/C15H17BrN2S2/c1-10(2)8-12-14(16)15(19)18-13(17-12)9-20-11-6-4-3-5-7-11/h3-7,10H,8-9H2,1-2H3,(H,17,18,19). The number of aromatic nitrogens is 2. The van der Waals surface area contributed by atoms with Gasteiger partial charge in [0, 0.05) is 10.6 Å². The molecular formula is C15H17BrN2S2. The predicted octanol–water partition coefficient (Wildman–Crippen LogP) is 5.39. The number of benzene rings is 1. The number of halogens is 1. The lowest BCUT2D eigenvalue weighted by Gasteiger charge is -2.10. The van der Waals surface area contributed by atoms with E-state index in [1.807, 2.05) is 18.2 Å². The summed E-state index contributed by atoms with van der Waals surface area (Å²) in [6.07, 6.45) is 0.968. The molecule has 0 aliphatic rings. The first-order valence-corrected chi connectivity index (χ1v) is 8.70. The molecule has 0 saturated heterocycles. The molecule has 0 aliphatic heterocycles. The van der Waals surface area contributed by atoms with Crippen LogP contribution in [-0.4, -0.2) is 9.97 Å². The second kappa shape index (κ2) is 7.38. The third kappa shape index (κ3) is 4.43. The van der Waals surface area contributed by atoms with Crippen molar-refractivity contribution in [2.75, 3.05) is 0 Å². The van der Waals surface area contributed by atoms with E-state index < -0.39 is 0 Å². The molecule has 0 atom stereocenters. The van der Waals surface area contributed by atoms with Gasteiger partial charge in [-0.1, -0.05) is 44.3 Å². The number of aromatic amines is 1. The Labute approximate surface area is 137 Å². The molecule has 1 aromatic heterocycles. The molecule has 1 aromatic carbocycles. The van der Waals surface area contributed by atoms with Crippen molar-refractivity contribution < 1.29 is 0 Å². The molecule has 0 spiro atoms. The molecule has 0 saturated carbocycles. The van der Waals surface area contributed by atoms with Crippen molar-refractivity contribution in [3.05, 3.63) is 51.0 Å². The molecule has 106 valence electrons. The van der Waals surface area contributed by atoms with Gasteiger partial charge in [-0.05, 0) is 40.4 Å². The number of nitrogens with zero attached hydrogens (tertiary/aromatic N) is 1. The highest BCUT2D eigenvalue weighted by Gasteiger charge is 2.08. The second-order valence-electron chi connectivity index (χ2n) is 4.98. The minimum Gasteiger partial charge on any atom is -0.345 e. The first-order chi connectivity index (χ1) is 9.56. The highest BCUT2D eigenvalue weighted by Crippen LogP contribution is 2.23. The summed E-state index contributed by atoms with van der Waals surface area (Å²) >= 11 is 10.6. The molecule has 0 bridgehead atoms. The first-order valence-electron chi connectivity index (χ1n) is 6.51. The molecule has 0 radical (unpaired) electrons. The topological polar surface area (TPSA) is 28.7 Å². The largest absolute Gasteiger partial charge is 0.345 e. The van der Waals surface area contributed by atoms with Gasteiger partial charge in [0.2, 0.25) is 0 Å². The molecule has 2 aromatic rings. The number of nitrogens with one attached hydrogen (secondary N) is 1. The van der Waals surface area contributed by atoms with Crippen LogP contribution in [0.2, 0.25) is 0 Å². The van der Waals surface area contributed by atoms with Gasteiger partial charge in [0.05, 0.1) is 10.2 Å². The predicted molar refractivity (Wildman–Crippen MR) is 91.7 cm³/mol. The molecule has 1 heterocycles. The normalized spacial score (nSPS) is 11.0. The Morgan fingerprint density at radius 1 is 1.30 bits per heavy atom. The molecular weight excluding hydrogens is 352 g/mol. The zero-order valence-electron chi connectivity index (χ0n) is 11.5. The molecule has 1 N–H and O–H groups in total. The fourth-order valence-electron chi connectivity index (χ4n) is 1.84. The summed E-state index contributed by atoms with van der Waals surface area (Å²) in [6.45, 7) is 4.39. The van der Waals surface area contributed by atoms with Crippen molar-refractivity contribution in [3.63, 3.8) is 0 Å². The number of H-pyrrole nitrogens is 1. The molecule has 20 heavy (non-hydrogen) atoms. The molecule has 2 nitrogen and oxygen atoms in total. The van der Waals surface area contributed by atoms with E-state index in [1.54, 1.807) is 11.8 Å². The van der Waals surface area contributed by atoms with Crippen LogP contribution in [0.15, 0.2) is 39.7 Å². The van der Waals surface area contributed by atoms with Crippen molar-refractivity contribution in [2.24, 2.45) is 5.92 Å². The van der Waals surface area contributed by atoms with Gasteiger partial charge in [-0.3, -0.25) is 0 Å². The summed E-state index contributed by atoms with van der Waals surface area (Å²) in [5, 5.41) is 0. The Morgan fingerprint density at radius 3 is 2.65 bits per heavy atom. The fraction of sp³-hybridized carbons (Fsp3) is 0.333. The lowest BCUT2D eigenvalue weighted by atomic mass is 10.1. The van der Waals surface area contributed by atoms with Crippen LogP contribution in [0.4, 0.5) is 0 Å². The van der Waals surface area contributed by atoms with Gasteiger partial charge in [-0.15, -0.1) is 11.8 Å². The van der Waals surface area contributed by atoms with E-state index in [2.05, 4.69) is 51.9 Å². The maximum Gasteiger partial charge on any atom is 0.144 e. The minimum absolute atomic E-state index is 0.578. The van der Waals surface area contributed by atoms with Crippen LogP contribution in [0.5, 0.6) is 0 Å². The molecule has 0 aliphatic carbocycles. The lowest BCUT2D eigenvalue weighted by Crippen LogP contribution is -2.04. The van der Waals surface area contributed by atoms with E-state index >= 15 is 0 Å². The lowest BCUT2D eigenvalue weighted by molar-refractivity contribution is 0.629. The van der Waals surface area contributed by atoms with Crippen LogP contribution in [0, 0.1) is 10.6 Å². The Morgan fingerprint density at radius 2 is 2.00 bits per heavy atom. The zero-order valence-corrected chi connectivity index (χ0v) is 14.7. The van der Waals surface area contributed by atoms with Gasteiger partial charge >= 0.3 is 0 Å². The van der Waals surface area contributed by atoms with Gasteiger partial charge in [0.15, 0.2) is 0 Å². The zero-order chi connectivity index (χ0) is 14.5. The molecule has 0 unspecified atom stereocenters. The SMILES string of the molecule is CC(C)Cc1[nH]c(CSc2ccccc2)nc(=S)c1Br. The summed E-state index contributed by atoms with van der Waals surface area (Å²) < 4.78 is 1.57. The Balaban J connectivity index is 2.16. The number of hydrogen-bond donors (Lipinski definition) is 1. The van der Waals surface area contributed by atoms with Crippen molar-refractivity contribution in [3.8, 4) is 0 Å². The van der Waals surface area contributed by atoms with E-state index in [0.29, 0.717) is 10.6 Å². The van der Waals surface area contributed by atoms with Gasteiger partial charge in [-0.2, -0.15) is 0 Å². The van der Waals surface area contributed by atoms with Crippen LogP contribution in [0.25, 0.3) is 0 Å². The van der Waals surface area contributed by atoms with Crippen molar-refractivity contribution in [1.82, 2.24) is 9.97 Å². The number of rotatable bonds is 5. The summed E-state index contributed by atoms with van der Waals surface area (Å²) in [7, 11) is 0. The van der Waals surface area contributed by atoms with E-state index in [0.717, 1.165) is 28.2 Å². The third-order valence-corrected chi connectivity index (χ3v) is 5.15. The molecule has 0 amide bonds. The van der Waals surface area contributed by atoms with E-state index in [4.69, 9.17) is 12.2 Å². The van der Waals surface area contributed by atoms with Gasteiger partial charge in [0.25, 0.3) is 0 Å². The van der Waals surface area contributed by atoms with Gasteiger partial charge < -0.3 is 4.98 Å². The van der Waals surface area contributed by atoms with E-state index in [1.165, 1.54) is 4.90 Å². The van der Waals surface area contributed by atoms with Gasteiger partial charge in [-0.25, -0.2) is 4.98 Å². The van der Waals surface area contributed by atoms with Crippen molar-refractivity contribution in [2.45, 2.75) is 30.9 Å². The van der Waals surface area contributed by atoms with Crippen LogP contribution in [0.1, 0.15) is 25.4 Å². The Kier molecular flexibility index (Phi) is 5.81. The average Bonchev–Trinajstić information content (AvgIpc) is 2.42. The summed E-state index contributed by atoms with van der Waals surface area (Å²) in [4.78, 5) is 9.09. The average molecular weight is 369 g/mol. The maximum atomic E-state index is 5.32.